The Bertz CT molecular complexity index is 542. The Hall–Kier alpha value is -3.09. The van der Waals surface area contributed by atoms with Crippen molar-refractivity contribution in [3.8, 4) is 6.07 Å². The number of hydrogen-bond acceptors (Lipinski definition) is 7. The molecule has 0 aliphatic heterocycles. The van der Waals surface area contributed by atoms with Crippen LogP contribution in [0.4, 0.5) is 17.1 Å². The van der Waals surface area contributed by atoms with E-state index in [2.05, 4.69) is 0 Å². The second-order valence-electron chi connectivity index (χ2n) is 3.10. The lowest BCUT2D eigenvalue weighted by Crippen LogP contribution is -2.00. The van der Waals surface area contributed by atoms with Gasteiger partial charge in [-0.3, -0.25) is 30.3 Å². The molecule has 0 saturated heterocycles. The van der Waals surface area contributed by atoms with E-state index in [0.717, 1.165) is 0 Å². The van der Waals surface area contributed by atoms with Crippen LogP contribution in [0.1, 0.15) is 12.5 Å². The number of non-ortho nitro benzene ring substituents is 1. The maximum atomic E-state index is 10.5. The van der Waals surface area contributed by atoms with Crippen LogP contribution in [-0.4, -0.2) is 14.8 Å². The molecule has 0 radical (unpaired) electrons. The highest BCUT2D eigenvalue weighted by molar-refractivity contribution is 5.59. The first kappa shape index (κ1) is 15.9. The standard InChI is InChI=1S/C7H5N3O6.C2H3N/c1-4-6(9(13)14)2-5(8(11)12)3-7(4)10(15)16;1-2-3/h2-3H,1H3;1H3. The van der Waals surface area contributed by atoms with Crippen molar-refractivity contribution in [2.24, 2.45) is 0 Å². The summed E-state index contributed by atoms with van der Waals surface area (Å²) in [6.45, 7) is 2.60. The van der Waals surface area contributed by atoms with Crippen LogP contribution >= 0.6 is 0 Å². The average molecular weight is 268 g/mol. The quantitative estimate of drug-likeness (QED) is 0.601. The van der Waals surface area contributed by atoms with Crippen molar-refractivity contribution in [1.29, 1.82) is 5.26 Å². The Morgan fingerprint density at radius 3 is 1.53 bits per heavy atom. The van der Waals surface area contributed by atoms with Crippen LogP contribution in [-0.2, 0) is 0 Å². The molecule has 10 heteroatoms. The maximum absolute atomic E-state index is 10.5. The minimum atomic E-state index is -0.917. The van der Waals surface area contributed by atoms with Crippen molar-refractivity contribution >= 4 is 17.1 Å². The normalized spacial score (nSPS) is 8.68. The van der Waals surface area contributed by atoms with Gasteiger partial charge in [0, 0.05) is 6.92 Å². The molecule has 0 aliphatic carbocycles. The van der Waals surface area contributed by atoms with Gasteiger partial charge in [-0.1, -0.05) is 0 Å². The van der Waals surface area contributed by atoms with Crippen LogP contribution in [0.25, 0.3) is 0 Å². The van der Waals surface area contributed by atoms with Crippen LogP contribution in [0.5, 0.6) is 0 Å². The van der Waals surface area contributed by atoms with Gasteiger partial charge in [-0.05, 0) is 6.92 Å². The van der Waals surface area contributed by atoms with Crippen LogP contribution < -0.4 is 0 Å². The zero-order valence-corrected chi connectivity index (χ0v) is 9.89. The molecule has 100 valence electrons. The van der Waals surface area contributed by atoms with Crippen molar-refractivity contribution in [1.82, 2.24) is 0 Å². The van der Waals surface area contributed by atoms with E-state index in [-0.39, 0.29) is 5.56 Å². The van der Waals surface area contributed by atoms with Gasteiger partial charge >= 0.3 is 0 Å². The number of nitrogens with zero attached hydrogens (tertiary/aromatic N) is 4. The van der Waals surface area contributed by atoms with E-state index in [1.807, 2.05) is 0 Å². The molecule has 19 heavy (non-hydrogen) atoms. The third-order valence-corrected chi connectivity index (χ3v) is 1.94. The fourth-order valence-electron chi connectivity index (χ4n) is 1.15. The number of nitro groups is 3. The topological polar surface area (TPSA) is 153 Å². The lowest BCUT2D eigenvalue weighted by atomic mass is 10.1. The summed E-state index contributed by atoms with van der Waals surface area (Å²) in [6, 6.07) is 3.14. The van der Waals surface area contributed by atoms with E-state index in [1.165, 1.54) is 13.8 Å². The summed E-state index contributed by atoms with van der Waals surface area (Å²) in [7, 11) is 0. The molecule has 0 aromatic heterocycles. The fraction of sp³-hybridized carbons (Fsp3) is 0.222. The van der Waals surface area contributed by atoms with Gasteiger partial charge in [0.2, 0.25) is 0 Å². The van der Waals surface area contributed by atoms with Crippen molar-refractivity contribution in [2.75, 3.05) is 0 Å². The maximum Gasteiger partial charge on any atom is 0.286 e. The fourth-order valence-corrected chi connectivity index (χ4v) is 1.15. The minimum absolute atomic E-state index is 0.208. The Morgan fingerprint density at radius 1 is 1.00 bits per heavy atom. The van der Waals surface area contributed by atoms with E-state index in [4.69, 9.17) is 5.26 Å². The highest BCUT2D eigenvalue weighted by Crippen LogP contribution is 2.32. The zero-order valence-electron chi connectivity index (χ0n) is 9.89. The molecule has 0 heterocycles. The van der Waals surface area contributed by atoms with Gasteiger partial charge in [-0.25, -0.2) is 0 Å². The number of benzene rings is 1. The van der Waals surface area contributed by atoms with Crippen LogP contribution in [0, 0.1) is 48.6 Å². The molecule has 0 saturated carbocycles. The van der Waals surface area contributed by atoms with Gasteiger partial charge in [0.15, 0.2) is 0 Å². The smallest absolute Gasteiger partial charge is 0.258 e. The molecule has 0 atom stereocenters. The Morgan fingerprint density at radius 2 is 1.32 bits per heavy atom. The lowest BCUT2D eigenvalue weighted by molar-refractivity contribution is -0.403. The summed E-state index contributed by atoms with van der Waals surface area (Å²) in [5.41, 5.74) is -2.16. The Labute approximate surface area is 106 Å². The number of nitro benzene ring substituents is 3. The van der Waals surface area contributed by atoms with Crippen molar-refractivity contribution in [2.45, 2.75) is 13.8 Å². The first-order valence-electron chi connectivity index (χ1n) is 4.64. The first-order chi connectivity index (χ1) is 8.76. The van der Waals surface area contributed by atoms with Crippen molar-refractivity contribution in [3.05, 3.63) is 48.0 Å². The Balaban J connectivity index is 0.000000982. The molecule has 0 fully saturated rings. The molecule has 0 spiro atoms. The highest BCUT2D eigenvalue weighted by atomic mass is 16.6. The molecule has 0 bridgehead atoms. The van der Waals surface area contributed by atoms with E-state index >= 15 is 0 Å². The van der Waals surface area contributed by atoms with Gasteiger partial charge in [0.05, 0.1) is 33.0 Å². The lowest BCUT2D eigenvalue weighted by Gasteiger charge is -1.99. The minimum Gasteiger partial charge on any atom is -0.258 e. The third kappa shape index (κ3) is 4.00. The van der Waals surface area contributed by atoms with E-state index in [0.29, 0.717) is 12.1 Å². The number of hydrogen-bond donors (Lipinski definition) is 0. The molecular formula is C9H8N4O6. The van der Waals surface area contributed by atoms with Crippen molar-refractivity contribution in [3.63, 3.8) is 0 Å². The number of rotatable bonds is 3. The molecule has 0 N–H and O–H groups in total. The van der Waals surface area contributed by atoms with Gasteiger partial charge in [-0.2, -0.15) is 5.26 Å². The largest absolute Gasteiger partial charge is 0.286 e. The number of nitriles is 1. The average Bonchev–Trinajstić information content (AvgIpc) is 2.29. The summed E-state index contributed by atoms with van der Waals surface area (Å²) in [4.78, 5) is 28.8. The van der Waals surface area contributed by atoms with Gasteiger partial charge in [0.25, 0.3) is 17.1 Å². The van der Waals surface area contributed by atoms with Crippen LogP contribution in [0.2, 0.25) is 0 Å². The molecule has 0 aliphatic rings. The SMILES string of the molecule is CC#N.Cc1c([N+](=O)[O-])cc([N+](=O)[O-])cc1[N+](=O)[O-]. The molecule has 0 unspecified atom stereocenters. The van der Waals surface area contributed by atoms with Crippen molar-refractivity contribution < 1.29 is 14.8 Å². The monoisotopic (exact) mass is 268 g/mol. The molecule has 0 amide bonds. The summed E-state index contributed by atoms with van der Waals surface area (Å²) < 4.78 is 0. The Kier molecular flexibility index (Phi) is 5.53. The predicted octanol–water partition coefficient (Wildman–Crippen LogP) is 2.25. The van der Waals surface area contributed by atoms with Crippen LogP contribution in [0.15, 0.2) is 12.1 Å². The van der Waals surface area contributed by atoms with Gasteiger partial charge < -0.3 is 0 Å². The molecule has 1 aromatic carbocycles. The van der Waals surface area contributed by atoms with Gasteiger partial charge in [-0.15, -0.1) is 0 Å². The predicted molar refractivity (Wildman–Crippen MR) is 62.4 cm³/mol. The second-order valence-corrected chi connectivity index (χ2v) is 3.10. The third-order valence-electron chi connectivity index (χ3n) is 1.94. The molecule has 10 nitrogen and oxygen atoms in total. The van der Waals surface area contributed by atoms with Gasteiger partial charge in [0.1, 0.15) is 5.56 Å². The van der Waals surface area contributed by atoms with E-state index in [1.54, 1.807) is 6.07 Å². The highest BCUT2D eigenvalue weighted by Gasteiger charge is 2.27. The van der Waals surface area contributed by atoms with E-state index < -0.39 is 31.8 Å². The summed E-state index contributed by atoms with van der Waals surface area (Å²) in [5, 5.41) is 38.8. The summed E-state index contributed by atoms with van der Waals surface area (Å²) >= 11 is 0. The second kappa shape index (κ2) is 6.60. The molecule has 1 rings (SSSR count). The summed E-state index contributed by atoms with van der Waals surface area (Å²) in [6.07, 6.45) is 0. The summed E-state index contributed by atoms with van der Waals surface area (Å²) in [5.74, 6) is 0. The molecule has 1 aromatic rings. The molecular weight excluding hydrogens is 260 g/mol. The first-order valence-corrected chi connectivity index (χ1v) is 4.64. The zero-order chi connectivity index (χ0) is 15.2. The van der Waals surface area contributed by atoms with Crippen LogP contribution in [0.3, 0.4) is 0 Å². The van der Waals surface area contributed by atoms with E-state index in [9.17, 15) is 30.3 Å².